The van der Waals surface area contributed by atoms with Crippen LogP contribution in [0.5, 0.6) is 0 Å². The molecule has 0 saturated carbocycles. The van der Waals surface area contributed by atoms with Gasteiger partial charge in [0, 0.05) is 6.42 Å². The fourth-order valence-corrected chi connectivity index (χ4v) is 1.76. The van der Waals surface area contributed by atoms with Crippen molar-refractivity contribution in [3.05, 3.63) is 35.9 Å². The van der Waals surface area contributed by atoms with Crippen molar-refractivity contribution in [3.8, 4) is 0 Å². The Morgan fingerprint density at radius 3 is 2.22 bits per heavy atom. The summed E-state index contributed by atoms with van der Waals surface area (Å²) in [5.74, 6) is 0. The lowest BCUT2D eigenvalue weighted by atomic mass is 10.1. The molecular weight excluding hydrogens is 239 g/mol. The van der Waals surface area contributed by atoms with E-state index < -0.39 is 12.6 Å². The van der Waals surface area contributed by atoms with Crippen LogP contribution in [-0.2, 0) is 6.42 Å². The molecule has 0 saturated heterocycles. The molecule has 0 heterocycles. The van der Waals surface area contributed by atoms with E-state index in [-0.39, 0.29) is 6.42 Å². The van der Waals surface area contributed by atoms with Gasteiger partial charge in [-0.15, -0.1) is 0 Å². The average Bonchev–Trinajstić information content (AvgIpc) is 2.32. The molecule has 102 valence electrons. The Labute approximate surface area is 106 Å². The lowest BCUT2D eigenvalue weighted by Gasteiger charge is -2.07. The van der Waals surface area contributed by atoms with Gasteiger partial charge in [-0.05, 0) is 44.3 Å². The van der Waals surface area contributed by atoms with Crippen LogP contribution in [-0.4, -0.2) is 19.3 Å². The Kier molecular flexibility index (Phi) is 6.80. The van der Waals surface area contributed by atoms with Gasteiger partial charge in [-0.25, -0.2) is 0 Å². The second-order valence-corrected chi connectivity index (χ2v) is 4.41. The highest BCUT2D eigenvalue weighted by molar-refractivity contribution is 5.14. The van der Waals surface area contributed by atoms with E-state index in [2.05, 4.69) is 17.4 Å². The first-order chi connectivity index (χ1) is 8.58. The van der Waals surface area contributed by atoms with Crippen LogP contribution < -0.4 is 5.32 Å². The van der Waals surface area contributed by atoms with Crippen molar-refractivity contribution in [2.45, 2.75) is 38.3 Å². The van der Waals surface area contributed by atoms with Crippen LogP contribution in [0.1, 0.15) is 31.2 Å². The van der Waals surface area contributed by atoms with Crippen molar-refractivity contribution in [2.24, 2.45) is 0 Å². The van der Waals surface area contributed by atoms with Crippen molar-refractivity contribution in [3.63, 3.8) is 0 Å². The minimum atomic E-state index is -4.01. The second kappa shape index (κ2) is 8.14. The van der Waals surface area contributed by atoms with E-state index in [4.69, 9.17) is 0 Å². The molecule has 4 heteroatoms. The van der Waals surface area contributed by atoms with E-state index in [9.17, 15) is 13.2 Å². The van der Waals surface area contributed by atoms with Gasteiger partial charge < -0.3 is 5.32 Å². The number of unbranched alkanes of at least 4 members (excludes halogenated alkanes) is 1. The van der Waals surface area contributed by atoms with Crippen molar-refractivity contribution >= 4 is 0 Å². The topological polar surface area (TPSA) is 12.0 Å². The van der Waals surface area contributed by atoms with E-state index in [1.54, 1.807) is 0 Å². The number of rotatable bonds is 8. The maximum Gasteiger partial charge on any atom is 0.389 e. The maximum atomic E-state index is 11.9. The SMILES string of the molecule is FC(F)(F)CCCCNCCCc1ccccc1. The zero-order valence-corrected chi connectivity index (χ0v) is 10.5. The molecule has 0 radical (unpaired) electrons. The largest absolute Gasteiger partial charge is 0.389 e. The molecule has 0 amide bonds. The molecule has 0 bridgehead atoms. The minimum Gasteiger partial charge on any atom is -0.317 e. The third-order valence-electron chi connectivity index (χ3n) is 2.73. The molecule has 1 rings (SSSR count). The number of aryl methyl sites for hydroxylation is 1. The standard InChI is InChI=1S/C14H20F3N/c15-14(16,17)10-4-5-11-18-12-6-9-13-7-2-1-3-8-13/h1-3,7-8,18H,4-6,9-12H2. The summed E-state index contributed by atoms with van der Waals surface area (Å²) in [5, 5.41) is 3.17. The van der Waals surface area contributed by atoms with Gasteiger partial charge in [0.25, 0.3) is 0 Å². The highest BCUT2D eigenvalue weighted by atomic mass is 19.4. The summed E-state index contributed by atoms with van der Waals surface area (Å²) < 4.78 is 35.6. The van der Waals surface area contributed by atoms with Crippen LogP contribution in [0.2, 0.25) is 0 Å². The van der Waals surface area contributed by atoms with Crippen LogP contribution in [0.25, 0.3) is 0 Å². The number of hydrogen-bond donors (Lipinski definition) is 1. The molecule has 0 atom stereocenters. The molecule has 0 aliphatic rings. The maximum absolute atomic E-state index is 11.9. The monoisotopic (exact) mass is 259 g/mol. The summed E-state index contributed by atoms with van der Waals surface area (Å²) in [7, 11) is 0. The van der Waals surface area contributed by atoms with Crippen LogP contribution in [0.3, 0.4) is 0 Å². The molecule has 1 aromatic carbocycles. The first kappa shape index (κ1) is 15.0. The van der Waals surface area contributed by atoms with Gasteiger partial charge in [0.05, 0.1) is 0 Å². The van der Waals surface area contributed by atoms with Crippen LogP contribution in [0.15, 0.2) is 30.3 Å². The van der Waals surface area contributed by atoms with Crippen molar-refractivity contribution in [1.29, 1.82) is 0 Å². The molecule has 0 aromatic heterocycles. The summed E-state index contributed by atoms with van der Waals surface area (Å²) in [6, 6.07) is 10.2. The number of hydrogen-bond acceptors (Lipinski definition) is 1. The van der Waals surface area contributed by atoms with Gasteiger partial charge in [0.15, 0.2) is 0 Å². The number of alkyl halides is 3. The summed E-state index contributed by atoms with van der Waals surface area (Å²) in [4.78, 5) is 0. The average molecular weight is 259 g/mol. The molecule has 0 spiro atoms. The van der Waals surface area contributed by atoms with E-state index in [1.807, 2.05) is 18.2 Å². The molecule has 0 unspecified atom stereocenters. The predicted octanol–water partition coefficient (Wildman–Crippen LogP) is 3.94. The molecule has 18 heavy (non-hydrogen) atoms. The van der Waals surface area contributed by atoms with Gasteiger partial charge in [0.2, 0.25) is 0 Å². The quantitative estimate of drug-likeness (QED) is 0.697. The smallest absolute Gasteiger partial charge is 0.317 e. The highest BCUT2D eigenvalue weighted by Crippen LogP contribution is 2.21. The van der Waals surface area contributed by atoms with Gasteiger partial charge in [-0.3, -0.25) is 0 Å². The summed E-state index contributed by atoms with van der Waals surface area (Å²) in [6.07, 6.45) is -1.84. The lowest BCUT2D eigenvalue weighted by molar-refractivity contribution is -0.135. The van der Waals surface area contributed by atoms with E-state index in [1.165, 1.54) is 5.56 Å². The third-order valence-corrected chi connectivity index (χ3v) is 2.73. The summed E-state index contributed by atoms with van der Waals surface area (Å²) in [5.41, 5.74) is 1.30. The van der Waals surface area contributed by atoms with Crippen molar-refractivity contribution in [1.82, 2.24) is 5.32 Å². The Balaban J connectivity index is 1.90. The molecule has 1 N–H and O–H groups in total. The summed E-state index contributed by atoms with van der Waals surface area (Å²) in [6.45, 7) is 1.53. The Bertz CT molecular complexity index is 309. The lowest BCUT2D eigenvalue weighted by Crippen LogP contribution is -2.18. The highest BCUT2D eigenvalue weighted by Gasteiger charge is 2.25. The predicted molar refractivity (Wildman–Crippen MR) is 67.5 cm³/mol. The van der Waals surface area contributed by atoms with E-state index >= 15 is 0 Å². The molecule has 0 fully saturated rings. The fourth-order valence-electron chi connectivity index (χ4n) is 1.76. The van der Waals surface area contributed by atoms with E-state index in [0.29, 0.717) is 13.0 Å². The number of halogens is 3. The number of nitrogens with one attached hydrogen (secondary N) is 1. The van der Waals surface area contributed by atoms with Gasteiger partial charge in [0.1, 0.15) is 0 Å². The molecule has 0 aliphatic carbocycles. The minimum absolute atomic E-state index is 0.217. The number of benzene rings is 1. The third kappa shape index (κ3) is 8.12. The van der Waals surface area contributed by atoms with Crippen LogP contribution in [0.4, 0.5) is 13.2 Å². The molecular formula is C14H20F3N. The van der Waals surface area contributed by atoms with Gasteiger partial charge in [-0.1, -0.05) is 30.3 Å². The van der Waals surface area contributed by atoms with Crippen LogP contribution >= 0.6 is 0 Å². The van der Waals surface area contributed by atoms with Gasteiger partial charge >= 0.3 is 6.18 Å². The molecule has 0 aliphatic heterocycles. The summed E-state index contributed by atoms with van der Waals surface area (Å²) >= 11 is 0. The first-order valence-corrected chi connectivity index (χ1v) is 6.39. The van der Waals surface area contributed by atoms with Crippen molar-refractivity contribution in [2.75, 3.05) is 13.1 Å². The normalized spacial score (nSPS) is 11.7. The van der Waals surface area contributed by atoms with Crippen molar-refractivity contribution < 1.29 is 13.2 Å². The fraction of sp³-hybridized carbons (Fsp3) is 0.571. The zero-order valence-electron chi connectivity index (χ0n) is 10.5. The molecule has 1 aromatic rings. The second-order valence-electron chi connectivity index (χ2n) is 4.41. The zero-order chi connectivity index (χ0) is 13.3. The Morgan fingerprint density at radius 2 is 1.56 bits per heavy atom. The first-order valence-electron chi connectivity index (χ1n) is 6.39. The van der Waals surface area contributed by atoms with Crippen LogP contribution in [0, 0.1) is 0 Å². The Hall–Kier alpha value is -1.03. The van der Waals surface area contributed by atoms with Gasteiger partial charge in [-0.2, -0.15) is 13.2 Å². The van der Waals surface area contributed by atoms with E-state index in [0.717, 1.165) is 19.4 Å². The molecule has 1 nitrogen and oxygen atoms in total. The Morgan fingerprint density at radius 1 is 0.889 bits per heavy atom.